The second-order valence-corrected chi connectivity index (χ2v) is 3.33. The number of hydrogen-bond donors (Lipinski definition) is 1. The van der Waals surface area contributed by atoms with Crippen molar-refractivity contribution in [2.24, 2.45) is 0 Å². The predicted molar refractivity (Wildman–Crippen MR) is 55.8 cm³/mol. The highest BCUT2D eigenvalue weighted by Gasteiger charge is 2.10. The third-order valence-corrected chi connectivity index (χ3v) is 2.22. The van der Waals surface area contributed by atoms with Gasteiger partial charge in [0.2, 0.25) is 0 Å². The van der Waals surface area contributed by atoms with Crippen LogP contribution in [0, 0.1) is 0 Å². The second-order valence-electron chi connectivity index (χ2n) is 2.92. The molecule has 0 aromatic heterocycles. The smallest absolute Gasteiger partial charge is 0.138 e. The zero-order valence-electron chi connectivity index (χ0n) is 8.18. The highest BCUT2D eigenvalue weighted by Crippen LogP contribution is 2.28. The number of benzene rings is 1. The van der Waals surface area contributed by atoms with Gasteiger partial charge in [-0.3, -0.25) is 0 Å². The molecule has 0 radical (unpaired) electrons. The van der Waals surface area contributed by atoms with Gasteiger partial charge in [0.15, 0.2) is 0 Å². The van der Waals surface area contributed by atoms with Gasteiger partial charge in [0, 0.05) is 6.54 Å². The molecule has 1 unspecified atom stereocenters. The maximum Gasteiger partial charge on any atom is 0.138 e. The van der Waals surface area contributed by atoms with E-state index in [-0.39, 0.29) is 6.54 Å². The Kier molecular flexibility index (Phi) is 4.17. The molecule has 1 aromatic carbocycles. The summed E-state index contributed by atoms with van der Waals surface area (Å²) in [5, 5.41) is 3.20. The first-order chi connectivity index (χ1) is 6.69. The van der Waals surface area contributed by atoms with Crippen LogP contribution in [-0.4, -0.2) is 20.7 Å². The van der Waals surface area contributed by atoms with Crippen molar-refractivity contribution in [2.75, 3.05) is 20.7 Å². The summed E-state index contributed by atoms with van der Waals surface area (Å²) in [7, 11) is 3.24. The first-order valence-corrected chi connectivity index (χ1v) is 4.69. The molecule has 0 saturated heterocycles. The van der Waals surface area contributed by atoms with Gasteiger partial charge in [-0.1, -0.05) is 17.7 Å². The number of methoxy groups -OCH3 is 1. The summed E-state index contributed by atoms with van der Waals surface area (Å²) in [5.74, 6) is 0.562. The van der Waals surface area contributed by atoms with Crippen LogP contribution >= 0.6 is 11.6 Å². The molecule has 0 aliphatic rings. The molecule has 0 bridgehead atoms. The maximum atomic E-state index is 13.4. The SMILES string of the molecule is CNCC(F)c1ccc(OC)c(Cl)c1. The molecular weight excluding hydrogens is 205 g/mol. The molecule has 1 rings (SSSR count). The number of ether oxygens (including phenoxy) is 1. The molecule has 0 fully saturated rings. The van der Waals surface area contributed by atoms with E-state index in [1.165, 1.54) is 7.11 Å². The van der Waals surface area contributed by atoms with E-state index in [9.17, 15) is 4.39 Å². The molecule has 14 heavy (non-hydrogen) atoms. The highest BCUT2D eigenvalue weighted by molar-refractivity contribution is 6.32. The Morgan fingerprint density at radius 2 is 2.29 bits per heavy atom. The van der Waals surface area contributed by atoms with Crippen LogP contribution in [0.15, 0.2) is 18.2 Å². The minimum absolute atomic E-state index is 0.280. The first kappa shape index (κ1) is 11.3. The van der Waals surface area contributed by atoms with Crippen molar-refractivity contribution in [1.29, 1.82) is 0 Å². The minimum atomic E-state index is -1.04. The Balaban J connectivity index is 2.85. The van der Waals surface area contributed by atoms with E-state index in [1.54, 1.807) is 25.2 Å². The standard InChI is InChI=1S/C10H13ClFNO/c1-13-6-9(12)7-3-4-10(14-2)8(11)5-7/h3-5,9,13H,6H2,1-2H3. The van der Waals surface area contributed by atoms with Crippen LogP contribution in [-0.2, 0) is 0 Å². The van der Waals surface area contributed by atoms with E-state index in [0.29, 0.717) is 16.3 Å². The van der Waals surface area contributed by atoms with Gasteiger partial charge < -0.3 is 10.1 Å². The number of likely N-dealkylation sites (N-methyl/N-ethyl adjacent to an activating group) is 1. The number of halogens is 2. The Labute approximate surface area is 88.0 Å². The van der Waals surface area contributed by atoms with E-state index in [4.69, 9.17) is 16.3 Å². The number of rotatable bonds is 4. The van der Waals surface area contributed by atoms with Crippen LogP contribution in [0.1, 0.15) is 11.7 Å². The molecule has 0 aliphatic heterocycles. The van der Waals surface area contributed by atoms with E-state index in [0.717, 1.165) is 0 Å². The van der Waals surface area contributed by atoms with E-state index < -0.39 is 6.17 Å². The lowest BCUT2D eigenvalue weighted by Crippen LogP contribution is -2.13. The van der Waals surface area contributed by atoms with Crippen LogP contribution in [0.25, 0.3) is 0 Å². The van der Waals surface area contributed by atoms with Crippen molar-refractivity contribution in [3.63, 3.8) is 0 Å². The molecule has 1 atom stereocenters. The topological polar surface area (TPSA) is 21.3 Å². The van der Waals surface area contributed by atoms with Crippen molar-refractivity contribution in [2.45, 2.75) is 6.17 Å². The van der Waals surface area contributed by atoms with Gasteiger partial charge in [-0.2, -0.15) is 0 Å². The number of nitrogens with one attached hydrogen (secondary N) is 1. The zero-order chi connectivity index (χ0) is 10.6. The van der Waals surface area contributed by atoms with Gasteiger partial charge in [0.1, 0.15) is 11.9 Å². The van der Waals surface area contributed by atoms with Gasteiger partial charge in [-0.15, -0.1) is 0 Å². The van der Waals surface area contributed by atoms with Crippen LogP contribution < -0.4 is 10.1 Å². The van der Waals surface area contributed by atoms with Crippen LogP contribution in [0.3, 0.4) is 0 Å². The Morgan fingerprint density at radius 3 is 2.79 bits per heavy atom. The minimum Gasteiger partial charge on any atom is -0.495 e. The lowest BCUT2D eigenvalue weighted by atomic mass is 10.1. The van der Waals surface area contributed by atoms with E-state index in [2.05, 4.69) is 5.32 Å². The van der Waals surface area contributed by atoms with Gasteiger partial charge >= 0.3 is 0 Å². The fourth-order valence-electron chi connectivity index (χ4n) is 1.17. The fraction of sp³-hybridized carbons (Fsp3) is 0.400. The van der Waals surface area contributed by atoms with Gasteiger partial charge in [-0.05, 0) is 24.7 Å². The molecule has 1 aromatic rings. The average Bonchev–Trinajstić information content (AvgIpc) is 2.18. The van der Waals surface area contributed by atoms with Gasteiger partial charge in [-0.25, -0.2) is 4.39 Å². The summed E-state index contributed by atoms with van der Waals surface area (Å²) in [6.07, 6.45) is -1.04. The molecule has 2 nitrogen and oxygen atoms in total. The molecule has 78 valence electrons. The quantitative estimate of drug-likeness (QED) is 0.837. The third-order valence-electron chi connectivity index (χ3n) is 1.92. The summed E-state index contributed by atoms with van der Waals surface area (Å²) in [4.78, 5) is 0. The Hall–Kier alpha value is -0.800. The van der Waals surface area contributed by atoms with Crippen molar-refractivity contribution in [3.05, 3.63) is 28.8 Å². The Morgan fingerprint density at radius 1 is 1.57 bits per heavy atom. The van der Waals surface area contributed by atoms with Crippen molar-refractivity contribution < 1.29 is 9.13 Å². The normalized spacial score (nSPS) is 12.6. The van der Waals surface area contributed by atoms with Gasteiger partial charge in [0.25, 0.3) is 0 Å². The van der Waals surface area contributed by atoms with E-state index >= 15 is 0 Å². The molecule has 0 amide bonds. The lowest BCUT2D eigenvalue weighted by Gasteiger charge is -2.09. The summed E-state index contributed by atoms with van der Waals surface area (Å²) >= 11 is 5.86. The number of alkyl halides is 1. The van der Waals surface area contributed by atoms with Crippen LogP contribution in [0.4, 0.5) is 4.39 Å². The summed E-state index contributed by atoms with van der Waals surface area (Å²) in [6.45, 7) is 0.280. The van der Waals surface area contributed by atoms with E-state index in [1.807, 2.05) is 0 Å². The molecule has 0 aliphatic carbocycles. The molecule has 0 spiro atoms. The monoisotopic (exact) mass is 217 g/mol. The number of hydrogen-bond acceptors (Lipinski definition) is 2. The average molecular weight is 218 g/mol. The zero-order valence-corrected chi connectivity index (χ0v) is 8.94. The summed E-state index contributed by atoms with van der Waals surface area (Å²) in [5.41, 5.74) is 0.560. The molecular formula is C10H13ClFNO. The molecule has 0 saturated carbocycles. The van der Waals surface area contributed by atoms with Crippen molar-refractivity contribution in [3.8, 4) is 5.75 Å². The largest absolute Gasteiger partial charge is 0.495 e. The van der Waals surface area contributed by atoms with Crippen LogP contribution in [0.5, 0.6) is 5.75 Å². The second kappa shape index (κ2) is 5.17. The predicted octanol–water partition coefficient (Wildman–Crippen LogP) is 2.58. The highest BCUT2D eigenvalue weighted by atomic mass is 35.5. The molecule has 0 heterocycles. The molecule has 4 heteroatoms. The fourth-order valence-corrected chi connectivity index (χ4v) is 1.44. The summed E-state index contributed by atoms with van der Waals surface area (Å²) < 4.78 is 18.4. The van der Waals surface area contributed by atoms with Crippen molar-refractivity contribution >= 4 is 11.6 Å². The first-order valence-electron chi connectivity index (χ1n) is 4.31. The maximum absolute atomic E-state index is 13.4. The van der Waals surface area contributed by atoms with Gasteiger partial charge in [0.05, 0.1) is 12.1 Å². The third kappa shape index (κ3) is 2.59. The van der Waals surface area contributed by atoms with Crippen LogP contribution in [0.2, 0.25) is 5.02 Å². The Bertz CT molecular complexity index is 306. The summed E-state index contributed by atoms with van der Waals surface area (Å²) in [6, 6.07) is 4.93. The lowest BCUT2D eigenvalue weighted by molar-refractivity contribution is 0.335. The molecule has 1 N–H and O–H groups in total. The van der Waals surface area contributed by atoms with Crippen molar-refractivity contribution in [1.82, 2.24) is 5.32 Å².